The zero-order valence-electron chi connectivity index (χ0n) is 94.6. The summed E-state index contributed by atoms with van der Waals surface area (Å²) in [6, 6.07) is 0. The van der Waals surface area contributed by atoms with Gasteiger partial charge in [-0.3, -0.25) is 57.8 Å². The van der Waals surface area contributed by atoms with E-state index in [4.69, 9.17) is 11.6 Å². The van der Waals surface area contributed by atoms with E-state index in [0.29, 0.717) is 76.4 Å². The maximum absolute atomic E-state index is 12.5. The van der Waals surface area contributed by atoms with Crippen molar-refractivity contribution in [3.05, 3.63) is 204 Å². The fraction of sp³-hybridized carbons (Fsp3) is 0.667. The number of nitrogens with zero attached hydrogens (tertiary/aromatic N) is 20. The number of hydrogen-bond donors (Lipinski definition) is 4. The van der Waals surface area contributed by atoms with Crippen LogP contribution in [0.1, 0.15) is 477 Å². The van der Waals surface area contributed by atoms with Crippen LogP contribution >= 0.6 is 11.6 Å². The molecule has 0 atom stereocenters. The van der Waals surface area contributed by atoms with E-state index in [0.717, 1.165) is 71.6 Å². The van der Waals surface area contributed by atoms with Gasteiger partial charge in [-0.2, -0.15) is 74.4 Å². The summed E-state index contributed by atoms with van der Waals surface area (Å²) < 4.78 is 52.4. The molecule has 1 aliphatic rings. The van der Waals surface area contributed by atoms with Crippen molar-refractivity contribution < 1.29 is 13.2 Å². The van der Waals surface area contributed by atoms with E-state index in [1.807, 2.05) is 92.7 Å². The second-order valence-corrected chi connectivity index (χ2v) is 40.6. The monoisotopic (exact) mass is 1910 g/mol. The topological polar surface area (TPSA) is 257 Å². The Labute approximate surface area is 825 Å². The average molecular weight is 1910 g/mol. The van der Waals surface area contributed by atoms with Gasteiger partial charge in [0.05, 0.1) is 63.1 Å². The third-order valence-corrected chi connectivity index (χ3v) is 25.3. The zero-order valence-corrected chi connectivity index (χ0v) is 95.3. The SMILES string of the molecule is CCc1n[nH]c(CC)c1C(C)C.CCc1nn(C)c(CC)c1C(C)C.CCn1nc(C)c(C(C)C)c1C.Cc1[nH]nc(C2CC2)c1C(C)C.Cc1c(C(C)C)c(C(F)(F)F)nn1C.Cc1cnn(C)c1C(C)C.Cc1n[nH]c(C)c1C(C)C.Cc1n[nH]c(C)c1C(C)C.Cc1nn(C)c(C)c1C(C)C.Cc1nn(C)c(C)c1C(C)C.Cc1nn(C)c(Cl)c1C(C)C.Cc1nn(C)cc1C(C)C. The summed E-state index contributed by atoms with van der Waals surface area (Å²) in [5.41, 5.74) is 38.6. The Hall–Kier alpha value is -9.40. The Morgan fingerprint density at radius 2 is 0.728 bits per heavy atom. The summed E-state index contributed by atoms with van der Waals surface area (Å²) in [5.74, 6) is 6.95. The molecule has 13 rings (SSSR count). The van der Waals surface area contributed by atoms with Crippen LogP contribution in [-0.2, 0) is 87.7 Å². The van der Waals surface area contributed by atoms with E-state index in [1.165, 1.54) is 166 Å². The van der Waals surface area contributed by atoms with Gasteiger partial charge in [0, 0.05) is 136 Å². The molecule has 0 bridgehead atoms. The molecule has 0 spiro atoms. The first-order valence-corrected chi connectivity index (χ1v) is 50.3. The van der Waals surface area contributed by atoms with Crippen molar-refractivity contribution in [2.45, 2.75) is 433 Å². The predicted octanol–water partition coefficient (Wildman–Crippen LogP) is 28.4. The quantitative estimate of drug-likeness (QED) is 0.0625. The van der Waals surface area contributed by atoms with Gasteiger partial charge in [0.1, 0.15) is 5.15 Å². The molecule has 1 aliphatic carbocycles. The lowest BCUT2D eigenvalue weighted by Crippen LogP contribution is -2.10. The van der Waals surface area contributed by atoms with Gasteiger partial charge in [-0.1, -0.05) is 205 Å². The Bertz CT molecular complexity index is 5170. The minimum Gasteiger partial charge on any atom is -0.282 e. The Kier molecular flexibility index (Phi) is 50.5. The van der Waals surface area contributed by atoms with Gasteiger partial charge < -0.3 is 0 Å². The fourth-order valence-electron chi connectivity index (χ4n) is 18.8. The number of alkyl halides is 3. The number of aromatic amines is 4. The first kappa shape index (κ1) is 123. The Morgan fingerprint density at radius 1 is 0.346 bits per heavy atom. The smallest absolute Gasteiger partial charge is 0.282 e. The van der Waals surface area contributed by atoms with Gasteiger partial charge >= 0.3 is 6.18 Å². The van der Waals surface area contributed by atoms with Gasteiger partial charge in [-0.25, -0.2) is 0 Å². The van der Waals surface area contributed by atoms with Crippen LogP contribution in [0.15, 0.2) is 12.4 Å². The lowest BCUT2D eigenvalue weighted by molar-refractivity contribution is -0.142. The van der Waals surface area contributed by atoms with Crippen molar-refractivity contribution >= 4 is 11.6 Å². The van der Waals surface area contributed by atoms with Gasteiger partial charge in [0.2, 0.25) is 0 Å². The Morgan fingerprint density at radius 3 is 0.971 bits per heavy atom. The molecule has 0 unspecified atom stereocenters. The molecule has 0 saturated heterocycles. The number of aryl methyl sites for hydroxylation is 22. The van der Waals surface area contributed by atoms with E-state index in [-0.39, 0.29) is 5.92 Å². The number of rotatable bonds is 18. The highest BCUT2D eigenvalue weighted by atomic mass is 35.5. The minimum atomic E-state index is -4.36. The second kappa shape index (κ2) is 56.0. The van der Waals surface area contributed by atoms with Gasteiger partial charge in [0.25, 0.3) is 0 Å². The van der Waals surface area contributed by atoms with Crippen LogP contribution in [0.3, 0.4) is 0 Å². The second-order valence-electron chi connectivity index (χ2n) is 40.3. The van der Waals surface area contributed by atoms with Crippen LogP contribution in [0.4, 0.5) is 13.2 Å². The number of aromatic nitrogens is 24. The molecule has 0 radical (unpaired) electrons. The molecule has 1 saturated carbocycles. The fourth-order valence-corrected chi connectivity index (χ4v) is 19.2. The summed E-state index contributed by atoms with van der Waals surface area (Å²) in [5, 5.41) is 63.6. The summed E-state index contributed by atoms with van der Waals surface area (Å²) in [4.78, 5) is 0. The molecule has 1 fully saturated rings. The van der Waals surface area contributed by atoms with Crippen molar-refractivity contribution in [2.75, 3.05) is 0 Å². The molecule has 12 aromatic rings. The third-order valence-electron chi connectivity index (χ3n) is 24.8. The number of hydrogen-bond acceptors (Lipinski definition) is 12. The van der Waals surface area contributed by atoms with Crippen molar-refractivity contribution in [3.8, 4) is 0 Å². The van der Waals surface area contributed by atoms with Crippen molar-refractivity contribution in [2.24, 2.45) is 49.3 Å². The minimum absolute atomic E-state index is 0.166. The van der Waals surface area contributed by atoms with Gasteiger partial charge in [-0.15, -0.1) is 0 Å². The van der Waals surface area contributed by atoms with Gasteiger partial charge in [-0.05, 0) is 276 Å². The summed E-state index contributed by atoms with van der Waals surface area (Å²) in [6.07, 6.45) is 6.53. The van der Waals surface area contributed by atoms with Crippen LogP contribution in [0.5, 0.6) is 0 Å². The largest absolute Gasteiger partial charge is 0.435 e. The first-order valence-electron chi connectivity index (χ1n) is 49.9. The zero-order chi connectivity index (χ0) is 105. The molecule has 12 heterocycles. The van der Waals surface area contributed by atoms with Crippen molar-refractivity contribution in [1.29, 1.82) is 0 Å². The number of nitrogens with one attached hydrogen (secondary N) is 4. The molecule has 0 amide bonds. The lowest BCUT2D eigenvalue weighted by Gasteiger charge is -2.09. The molecule has 28 heteroatoms. The van der Waals surface area contributed by atoms with Crippen molar-refractivity contribution in [3.63, 3.8) is 0 Å². The molecule has 12 aromatic heterocycles. The molecular weight excluding hydrogens is 1730 g/mol. The molecule has 0 aromatic carbocycles. The van der Waals surface area contributed by atoms with E-state index < -0.39 is 11.9 Å². The molecule has 4 N–H and O–H groups in total. The standard InChI is InChI=1S/C11H20N2.C10H16N2.2C10H18N2.C9H13F3N2.2C9H16N2.C8H13ClN2.4C8H14N2/c1-6-9-11(8(3)4)10(7-2)13(5)12-9;1-6(2)9-7(3)11-12-10(9)8-4-5-8;1-6-12-9(5)10(7(2)3)8(4)11-12;1-5-8-10(7(3)4)9(6-2)12-11-8;1-5(2)7-6(3)14(4)13-8(7)9(10,11)12;2*1-6(2)9-7(3)10-11(5)8(9)4;1-5(2)7-6(3)10-11(4)8(7)9;1-6(2)8-5-10(4)9-7(8)3;1-6(2)8-7(3)5-9-10(8)4;2*1-5(2)8-6(3)9-10-7(8)4/h8H,6-7H2,1-5H3;6,8H,4-5H2,1-3H3,(H,11,12);7H,6H2,1-5H3;7H,5-6H2,1-4H3,(H,11,12);5H,1-4H3;2*6H,1-5H3;5H,1-4H3;2*5-6H,1-4H3;2*5H,1-4H3,(H,9,10). The molecule has 24 nitrogen and oxygen atoms in total. The van der Waals surface area contributed by atoms with E-state index in [1.54, 1.807) is 25.5 Å². The maximum Gasteiger partial charge on any atom is 0.435 e. The molecule has 766 valence electrons. The highest BCUT2D eigenvalue weighted by molar-refractivity contribution is 6.30. The average Bonchev–Trinajstić information content (AvgIpc) is 1.65. The van der Waals surface area contributed by atoms with E-state index in [2.05, 4.69) is 356 Å². The third kappa shape index (κ3) is 34.6. The maximum atomic E-state index is 12.5. The molecule has 136 heavy (non-hydrogen) atoms. The van der Waals surface area contributed by atoms with Crippen LogP contribution < -0.4 is 0 Å². The predicted molar refractivity (Wildman–Crippen MR) is 564 cm³/mol. The van der Waals surface area contributed by atoms with Crippen LogP contribution in [-0.4, -0.2) is 119 Å². The lowest BCUT2D eigenvalue weighted by atomic mass is 9.98. The van der Waals surface area contributed by atoms with Gasteiger partial charge in [0.15, 0.2) is 5.69 Å². The summed E-state index contributed by atoms with van der Waals surface area (Å²) >= 11 is 6.01. The van der Waals surface area contributed by atoms with Crippen LogP contribution in [0.2, 0.25) is 5.15 Å². The van der Waals surface area contributed by atoms with E-state index in [9.17, 15) is 13.2 Å². The Balaban J connectivity index is 0.000000502. The summed E-state index contributed by atoms with van der Waals surface area (Å²) in [7, 11) is 13.4. The highest BCUT2D eigenvalue weighted by Crippen LogP contribution is 2.43. The molecule has 0 aliphatic heterocycles. The summed E-state index contributed by atoms with van der Waals surface area (Å²) in [6.45, 7) is 94.4. The highest BCUT2D eigenvalue weighted by Gasteiger charge is 2.39. The van der Waals surface area contributed by atoms with Crippen molar-refractivity contribution in [1.82, 2.24) is 119 Å². The van der Waals surface area contributed by atoms with Crippen LogP contribution in [0, 0.1) is 104 Å². The van der Waals surface area contributed by atoms with E-state index >= 15 is 0 Å². The normalized spacial score (nSPS) is 11.8. The van der Waals surface area contributed by atoms with Crippen LogP contribution in [0.25, 0.3) is 0 Å². The number of halogens is 4. The first-order chi connectivity index (χ1) is 62.9. The molecular formula is C108H186ClF3N24. The number of H-pyrrole nitrogens is 4.